The maximum Gasteiger partial charge on any atom is 0.220 e. The van der Waals surface area contributed by atoms with Crippen molar-refractivity contribution >= 4 is 5.91 Å². The molecule has 0 rings (SSSR count). The molecule has 0 saturated carbocycles. The predicted molar refractivity (Wildman–Crippen MR) is 110 cm³/mol. The van der Waals surface area contributed by atoms with E-state index in [9.17, 15) is 9.90 Å². The Kier molecular flexibility index (Phi) is 18.4. The van der Waals surface area contributed by atoms with Crippen LogP contribution in [-0.2, 0) is 4.79 Å². The summed E-state index contributed by atoms with van der Waals surface area (Å²) in [5, 5.41) is 21.0. The average Bonchev–Trinajstić information content (AvgIpc) is 2.64. The van der Waals surface area contributed by atoms with Crippen molar-refractivity contribution in [3.8, 4) is 0 Å². The van der Waals surface area contributed by atoms with Gasteiger partial charge in [-0.15, -0.1) is 0 Å². The summed E-state index contributed by atoms with van der Waals surface area (Å²) in [5.41, 5.74) is 0. The molecule has 0 aromatic carbocycles. The van der Waals surface area contributed by atoms with Gasteiger partial charge in [-0.25, -0.2) is 0 Å². The van der Waals surface area contributed by atoms with Crippen molar-refractivity contribution in [1.82, 2.24) is 5.32 Å². The molecule has 0 heterocycles. The zero-order chi connectivity index (χ0) is 19.3. The molecule has 26 heavy (non-hydrogen) atoms. The fourth-order valence-electron chi connectivity index (χ4n) is 2.28. The van der Waals surface area contributed by atoms with Crippen LogP contribution >= 0.6 is 0 Å². The normalized spacial score (nSPS) is 13.5. The number of nitrogens with one attached hydrogen (secondary N) is 1. The highest BCUT2D eigenvalue weighted by Gasteiger charge is 1.98. The lowest BCUT2D eigenvalue weighted by molar-refractivity contribution is -0.121. The Morgan fingerprint density at radius 2 is 1.73 bits per heavy atom. The Morgan fingerprint density at radius 1 is 1.00 bits per heavy atom. The third kappa shape index (κ3) is 18.7. The summed E-state index contributed by atoms with van der Waals surface area (Å²) in [5.74, 6) is 0.00154. The van der Waals surface area contributed by atoms with Gasteiger partial charge in [0.2, 0.25) is 5.91 Å². The molecule has 3 N–H and O–H groups in total. The summed E-state index contributed by atoms with van der Waals surface area (Å²) >= 11 is 0. The van der Waals surface area contributed by atoms with E-state index in [1.165, 1.54) is 12.8 Å². The molecule has 0 unspecified atom stereocenters. The molecule has 1 atom stereocenters. The molecule has 4 nitrogen and oxygen atoms in total. The average molecular weight is 364 g/mol. The molecule has 0 aromatic heterocycles. The van der Waals surface area contributed by atoms with Gasteiger partial charge in [0, 0.05) is 13.0 Å². The van der Waals surface area contributed by atoms with Gasteiger partial charge in [0.25, 0.3) is 0 Å². The lowest BCUT2D eigenvalue weighted by Crippen LogP contribution is -2.25. The fourth-order valence-corrected chi connectivity index (χ4v) is 2.28. The first-order valence-electron chi connectivity index (χ1n) is 9.89. The van der Waals surface area contributed by atoms with E-state index in [-0.39, 0.29) is 18.6 Å². The van der Waals surface area contributed by atoms with Gasteiger partial charge in [-0.05, 0) is 32.1 Å². The minimum Gasteiger partial charge on any atom is -0.395 e. The number of aliphatic hydroxyl groups is 2. The topological polar surface area (TPSA) is 69.6 Å². The number of hydrogen-bond donors (Lipinski definition) is 3. The van der Waals surface area contributed by atoms with Gasteiger partial charge in [0.05, 0.1) is 12.7 Å². The Hall–Kier alpha value is -1.65. The molecule has 0 spiro atoms. The Morgan fingerprint density at radius 3 is 2.46 bits per heavy atom. The number of unbranched alkanes of at least 4 members (excludes halogenated alkanes) is 3. The largest absolute Gasteiger partial charge is 0.395 e. The van der Waals surface area contributed by atoms with E-state index in [1.54, 1.807) is 0 Å². The molecule has 1 amide bonds. The summed E-state index contributed by atoms with van der Waals surface area (Å²) < 4.78 is 0. The first-order chi connectivity index (χ1) is 12.7. The smallest absolute Gasteiger partial charge is 0.220 e. The maximum atomic E-state index is 11.3. The number of carbonyl (C=O) groups excluding carboxylic acids is 1. The van der Waals surface area contributed by atoms with Gasteiger partial charge < -0.3 is 15.5 Å². The highest BCUT2D eigenvalue weighted by Crippen LogP contribution is 2.04. The van der Waals surface area contributed by atoms with Gasteiger partial charge in [0.1, 0.15) is 0 Å². The van der Waals surface area contributed by atoms with Gasteiger partial charge in [-0.3, -0.25) is 4.79 Å². The van der Waals surface area contributed by atoms with Crippen LogP contribution in [0.25, 0.3) is 0 Å². The second kappa shape index (κ2) is 19.7. The van der Waals surface area contributed by atoms with Crippen molar-refractivity contribution < 1.29 is 15.0 Å². The minimum atomic E-state index is -0.326. The quantitative estimate of drug-likeness (QED) is 0.218. The van der Waals surface area contributed by atoms with E-state index in [0.717, 1.165) is 38.5 Å². The van der Waals surface area contributed by atoms with Crippen LogP contribution in [-0.4, -0.2) is 35.4 Å². The second-order valence-electron chi connectivity index (χ2n) is 6.26. The van der Waals surface area contributed by atoms with Gasteiger partial charge in [0.15, 0.2) is 0 Å². The van der Waals surface area contributed by atoms with E-state index in [1.807, 2.05) is 18.2 Å². The van der Waals surface area contributed by atoms with Crippen LogP contribution in [0.15, 0.2) is 48.6 Å². The van der Waals surface area contributed by atoms with Crippen LogP contribution in [0.2, 0.25) is 0 Å². The molecule has 0 aliphatic rings. The van der Waals surface area contributed by atoms with Crippen LogP contribution in [0.5, 0.6) is 0 Å². The van der Waals surface area contributed by atoms with Gasteiger partial charge in [-0.2, -0.15) is 0 Å². The molecule has 0 fully saturated rings. The molecule has 0 aliphatic heterocycles. The van der Waals surface area contributed by atoms with Gasteiger partial charge >= 0.3 is 0 Å². The highest BCUT2D eigenvalue weighted by molar-refractivity contribution is 5.75. The maximum absolute atomic E-state index is 11.3. The van der Waals surface area contributed by atoms with E-state index in [2.05, 4.69) is 42.6 Å². The summed E-state index contributed by atoms with van der Waals surface area (Å²) in [6, 6.07) is 0. The van der Waals surface area contributed by atoms with Crippen molar-refractivity contribution in [3.63, 3.8) is 0 Å². The Bertz CT molecular complexity index is 439. The fraction of sp³-hybridized carbons (Fsp3) is 0.591. The first kappa shape index (κ1) is 24.4. The minimum absolute atomic E-state index is 0.00154. The third-order valence-electron chi connectivity index (χ3n) is 3.77. The van der Waals surface area contributed by atoms with Crippen molar-refractivity contribution in [3.05, 3.63) is 48.6 Å². The lowest BCUT2D eigenvalue weighted by atomic mass is 10.1. The molecule has 0 aromatic rings. The summed E-state index contributed by atoms with van der Waals surface area (Å²) in [6.45, 7) is 2.49. The zero-order valence-electron chi connectivity index (χ0n) is 16.3. The molecule has 0 saturated heterocycles. The summed E-state index contributed by atoms with van der Waals surface area (Å²) in [6.07, 6.45) is 24.2. The van der Waals surface area contributed by atoms with E-state index >= 15 is 0 Å². The van der Waals surface area contributed by atoms with Crippen molar-refractivity contribution in [2.75, 3.05) is 13.2 Å². The van der Waals surface area contributed by atoms with Crippen LogP contribution < -0.4 is 5.32 Å². The zero-order valence-corrected chi connectivity index (χ0v) is 16.3. The SMILES string of the molecule is CCCCC[C@H](O)/C=C/C=C/C/C=C/C/C=C/CCCC(=O)NCCO. The Labute approximate surface area is 159 Å². The van der Waals surface area contributed by atoms with Gasteiger partial charge in [-0.1, -0.05) is 74.8 Å². The lowest BCUT2D eigenvalue weighted by Gasteiger charge is -2.02. The predicted octanol–water partition coefficient (Wildman–Crippen LogP) is 4.21. The van der Waals surface area contributed by atoms with Crippen molar-refractivity contribution in [1.29, 1.82) is 0 Å². The molecule has 0 aliphatic carbocycles. The van der Waals surface area contributed by atoms with E-state index < -0.39 is 0 Å². The number of amides is 1. The highest BCUT2D eigenvalue weighted by atomic mass is 16.3. The van der Waals surface area contributed by atoms with E-state index in [4.69, 9.17) is 5.11 Å². The monoisotopic (exact) mass is 363 g/mol. The van der Waals surface area contributed by atoms with Crippen LogP contribution in [0.1, 0.15) is 64.7 Å². The number of hydrogen-bond acceptors (Lipinski definition) is 3. The molecule has 0 radical (unpaired) electrons. The number of rotatable bonds is 16. The molecular weight excluding hydrogens is 326 g/mol. The molecule has 148 valence electrons. The van der Waals surface area contributed by atoms with Crippen LogP contribution in [0.4, 0.5) is 0 Å². The molecular formula is C22H37NO3. The third-order valence-corrected chi connectivity index (χ3v) is 3.77. The van der Waals surface area contributed by atoms with Crippen LogP contribution in [0, 0.1) is 0 Å². The summed E-state index contributed by atoms with van der Waals surface area (Å²) in [7, 11) is 0. The first-order valence-corrected chi connectivity index (χ1v) is 9.89. The molecule has 4 heteroatoms. The number of aliphatic hydroxyl groups excluding tert-OH is 2. The van der Waals surface area contributed by atoms with Crippen molar-refractivity contribution in [2.24, 2.45) is 0 Å². The Balaban J connectivity index is 3.58. The van der Waals surface area contributed by atoms with E-state index in [0.29, 0.717) is 13.0 Å². The summed E-state index contributed by atoms with van der Waals surface area (Å²) in [4.78, 5) is 11.3. The number of allylic oxidation sites excluding steroid dienone is 7. The van der Waals surface area contributed by atoms with Crippen molar-refractivity contribution in [2.45, 2.75) is 70.8 Å². The molecule has 0 bridgehead atoms. The van der Waals surface area contributed by atoms with Crippen LogP contribution in [0.3, 0.4) is 0 Å². The number of carbonyl (C=O) groups is 1. The standard InChI is InChI=1S/C22H37NO3/c1-2-3-13-16-21(25)17-14-11-9-7-5-4-6-8-10-12-15-18-22(26)23-19-20-24/h4-5,8-11,14,17,21,24-25H,2-3,6-7,12-13,15-16,18-20H2,1H3,(H,23,26)/b5-4+,10-8+,11-9+,17-14+/t21-/m0/s1. The second-order valence-corrected chi connectivity index (χ2v) is 6.26.